The zero-order valence-corrected chi connectivity index (χ0v) is 16.5. The van der Waals surface area contributed by atoms with Gasteiger partial charge in [-0.15, -0.1) is 0 Å². The molecule has 0 heterocycles. The first-order chi connectivity index (χ1) is 14.5. The maximum Gasteiger partial charge on any atom is 0.246 e. The van der Waals surface area contributed by atoms with Gasteiger partial charge in [-0.25, -0.2) is 4.39 Å². The van der Waals surface area contributed by atoms with Crippen LogP contribution in [0.4, 0.5) is 15.8 Å². The van der Waals surface area contributed by atoms with Crippen molar-refractivity contribution in [1.82, 2.24) is 0 Å². The number of carbonyl (C=O) groups excluding carboxylic acids is 1. The molecule has 0 aliphatic rings. The second-order valence-corrected chi connectivity index (χ2v) is 6.45. The quantitative estimate of drug-likeness (QED) is 0.582. The molecule has 0 aliphatic heterocycles. The monoisotopic (exact) mass is 405 g/mol. The van der Waals surface area contributed by atoms with E-state index in [1.807, 2.05) is 6.07 Å². The Morgan fingerprint density at radius 1 is 1.00 bits per heavy atom. The van der Waals surface area contributed by atoms with E-state index in [4.69, 9.17) is 14.7 Å². The Labute approximate surface area is 173 Å². The number of para-hydroxylation sites is 2. The predicted octanol–water partition coefficient (Wildman–Crippen LogP) is 4.94. The number of hydrogen-bond donors (Lipinski definition) is 2. The first-order valence-corrected chi connectivity index (χ1v) is 9.18. The Kier molecular flexibility index (Phi) is 6.50. The van der Waals surface area contributed by atoms with Crippen LogP contribution in [0.2, 0.25) is 0 Å². The van der Waals surface area contributed by atoms with Crippen LogP contribution >= 0.6 is 0 Å². The van der Waals surface area contributed by atoms with E-state index in [-0.39, 0.29) is 11.7 Å². The van der Waals surface area contributed by atoms with Crippen LogP contribution in [-0.2, 0) is 4.79 Å². The minimum Gasteiger partial charge on any atom is -0.493 e. The Bertz CT molecular complexity index is 1100. The van der Waals surface area contributed by atoms with Crippen molar-refractivity contribution in [1.29, 1.82) is 5.26 Å². The van der Waals surface area contributed by atoms with Crippen LogP contribution < -0.4 is 20.1 Å². The molecule has 0 saturated carbocycles. The maximum absolute atomic E-state index is 14.5. The molecule has 1 amide bonds. The van der Waals surface area contributed by atoms with Crippen molar-refractivity contribution in [3.05, 3.63) is 78.1 Å². The number of amides is 1. The number of nitrogens with zero attached hydrogens (tertiary/aromatic N) is 1. The number of carbonyl (C=O) groups is 1. The highest BCUT2D eigenvalue weighted by Crippen LogP contribution is 2.33. The minimum absolute atomic E-state index is 0.0375. The molecule has 0 radical (unpaired) electrons. The van der Waals surface area contributed by atoms with Gasteiger partial charge in [-0.1, -0.05) is 18.2 Å². The molecule has 1 unspecified atom stereocenters. The third kappa shape index (κ3) is 5.06. The second-order valence-electron chi connectivity index (χ2n) is 6.45. The number of methoxy groups -OCH3 is 1. The van der Waals surface area contributed by atoms with Gasteiger partial charge < -0.3 is 20.1 Å². The summed E-state index contributed by atoms with van der Waals surface area (Å²) in [5.74, 6) is 0.0207. The number of nitrogens with one attached hydrogen (secondary N) is 2. The molecule has 1 atom stereocenters. The third-order valence-corrected chi connectivity index (χ3v) is 4.26. The van der Waals surface area contributed by atoms with Gasteiger partial charge in [-0.2, -0.15) is 5.26 Å². The van der Waals surface area contributed by atoms with Crippen molar-refractivity contribution >= 4 is 17.3 Å². The zero-order valence-electron chi connectivity index (χ0n) is 16.5. The molecule has 3 aromatic carbocycles. The van der Waals surface area contributed by atoms with E-state index in [9.17, 15) is 9.18 Å². The molecule has 152 valence electrons. The lowest BCUT2D eigenvalue weighted by atomic mass is 10.2. The summed E-state index contributed by atoms with van der Waals surface area (Å²) in [7, 11) is 1.51. The zero-order chi connectivity index (χ0) is 21.5. The predicted molar refractivity (Wildman–Crippen MR) is 112 cm³/mol. The van der Waals surface area contributed by atoms with E-state index >= 15 is 0 Å². The van der Waals surface area contributed by atoms with Gasteiger partial charge in [0.05, 0.1) is 18.7 Å². The fourth-order valence-electron chi connectivity index (χ4n) is 2.73. The van der Waals surface area contributed by atoms with E-state index in [0.717, 1.165) is 0 Å². The van der Waals surface area contributed by atoms with E-state index in [1.54, 1.807) is 61.5 Å². The first kappa shape index (κ1) is 20.7. The standard InChI is InChI=1S/C23H20FN3O3/c1-15(23(28)27-17-7-5-6-16(12-17)14-25)26-18-10-11-20(19(24)13-18)30-22-9-4-3-8-21(22)29-2/h3-13,15,26H,1-2H3,(H,27,28). The van der Waals surface area contributed by atoms with Gasteiger partial charge in [0.25, 0.3) is 0 Å². The largest absolute Gasteiger partial charge is 0.493 e. The van der Waals surface area contributed by atoms with Crippen molar-refractivity contribution < 1.29 is 18.7 Å². The summed E-state index contributed by atoms with van der Waals surface area (Å²) >= 11 is 0. The van der Waals surface area contributed by atoms with Gasteiger partial charge in [0.15, 0.2) is 23.1 Å². The normalized spacial score (nSPS) is 11.1. The molecule has 0 bridgehead atoms. The lowest BCUT2D eigenvalue weighted by Gasteiger charge is -2.16. The average Bonchev–Trinajstić information content (AvgIpc) is 2.76. The molecule has 6 nitrogen and oxygen atoms in total. The maximum atomic E-state index is 14.5. The Balaban J connectivity index is 1.66. The summed E-state index contributed by atoms with van der Waals surface area (Å²) in [5, 5.41) is 14.6. The highest BCUT2D eigenvalue weighted by Gasteiger charge is 2.15. The Morgan fingerprint density at radius 2 is 1.77 bits per heavy atom. The molecular formula is C23H20FN3O3. The van der Waals surface area contributed by atoms with Gasteiger partial charge in [0, 0.05) is 17.4 Å². The number of anilines is 2. The third-order valence-electron chi connectivity index (χ3n) is 4.26. The number of rotatable bonds is 7. The lowest BCUT2D eigenvalue weighted by Crippen LogP contribution is -2.31. The number of halogens is 1. The van der Waals surface area contributed by atoms with Crippen LogP contribution in [0.15, 0.2) is 66.7 Å². The highest BCUT2D eigenvalue weighted by atomic mass is 19.1. The van der Waals surface area contributed by atoms with E-state index in [0.29, 0.717) is 28.4 Å². The summed E-state index contributed by atoms with van der Waals surface area (Å²) in [6.45, 7) is 1.65. The van der Waals surface area contributed by atoms with Gasteiger partial charge in [-0.05, 0) is 49.4 Å². The molecule has 0 fully saturated rings. The molecule has 3 aromatic rings. The number of ether oxygens (including phenoxy) is 2. The van der Waals surface area contributed by atoms with Crippen LogP contribution in [0.1, 0.15) is 12.5 Å². The van der Waals surface area contributed by atoms with Crippen LogP contribution in [0.5, 0.6) is 17.2 Å². The average molecular weight is 405 g/mol. The van der Waals surface area contributed by atoms with Crippen LogP contribution in [-0.4, -0.2) is 19.1 Å². The van der Waals surface area contributed by atoms with Gasteiger partial charge >= 0.3 is 0 Å². The topological polar surface area (TPSA) is 83.4 Å². The molecular weight excluding hydrogens is 385 g/mol. The molecule has 0 aromatic heterocycles. The second kappa shape index (κ2) is 9.43. The molecule has 0 aliphatic carbocycles. The van der Waals surface area contributed by atoms with Crippen LogP contribution in [0.25, 0.3) is 0 Å². The molecule has 3 rings (SSSR count). The van der Waals surface area contributed by atoms with Crippen LogP contribution in [0, 0.1) is 17.1 Å². The van der Waals surface area contributed by atoms with Crippen molar-refractivity contribution in [2.75, 3.05) is 17.7 Å². The molecule has 0 saturated heterocycles. The van der Waals surface area contributed by atoms with Crippen molar-refractivity contribution in [2.45, 2.75) is 13.0 Å². The summed E-state index contributed by atoms with van der Waals surface area (Å²) in [4.78, 5) is 12.4. The summed E-state index contributed by atoms with van der Waals surface area (Å²) in [5.41, 5.74) is 1.38. The summed E-state index contributed by atoms with van der Waals surface area (Å²) in [6, 6.07) is 19.3. The SMILES string of the molecule is COc1ccccc1Oc1ccc(NC(C)C(=O)Nc2cccc(C#N)c2)cc1F. The van der Waals surface area contributed by atoms with E-state index in [1.165, 1.54) is 19.2 Å². The molecule has 2 N–H and O–H groups in total. The smallest absolute Gasteiger partial charge is 0.246 e. The van der Waals surface area contributed by atoms with Crippen molar-refractivity contribution in [3.8, 4) is 23.3 Å². The van der Waals surface area contributed by atoms with Gasteiger partial charge in [-0.3, -0.25) is 4.79 Å². The Hall–Kier alpha value is -4.05. The summed E-state index contributed by atoms with van der Waals surface area (Å²) < 4.78 is 25.3. The lowest BCUT2D eigenvalue weighted by molar-refractivity contribution is -0.116. The first-order valence-electron chi connectivity index (χ1n) is 9.18. The fraction of sp³-hybridized carbons (Fsp3) is 0.130. The van der Waals surface area contributed by atoms with Crippen molar-refractivity contribution in [3.63, 3.8) is 0 Å². The Morgan fingerprint density at radius 3 is 2.47 bits per heavy atom. The van der Waals surface area contributed by atoms with Crippen LogP contribution in [0.3, 0.4) is 0 Å². The molecule has 30 heavy (non-hydrogen) atoms. The van der Waals surface area contributed by atoms with E-state index in [2.05, 4.69) is 10.6 Å². The fourth-order valence-corrected chi connectivity index (χ4v) is 2.73. The minimum atomic E-state index is -0.642. The summed E-state index contributed by atoms with van der Waals surface area (Å²) in [6.07, 6.45) is 0. The number of benzene rings is 3. The van der Waals surface area contributed by atoms with Gasteiger partial charge in [0.1, 0.15) is 6.04 Å². The molecule has 0 spiro atoms. The van der Waals surface area contributed by atoms with Gasteiger partial charge in [0.2, 0.25) is 5.91 Å². The highest BCUT2D eigenvalue weighted by molar-refractivity contribution is 5.96. The van der Waals surface area contributed by atoms with E-state index < -0.39 is 11.9 Å². The number of hydrogen-bond acceptors (Lipinski definition) is 5. The number of nitriles is 1. The molecule has 7 heteroatoms. The van der Waals surface area contributed by atoms with Crippen molar-refractivity contribution in [2.24, 2.45) is 0 Å².